The fourth-order valence-electron chi connectivity index (χ4n) is 1.70. The van der Waals surface area contributed by atoms with E-state index in [-0.39, 0.29) is 32.8 Å². The van der Waals surface area contributed by atoms with E-state index in [2.05, 4.69) is 0 Å². The molecule has 0 aromatic heterocycles. The van der Waals surface area contributed by atoms with Crippen LogP contribution >= 0.6 is 0 Å². The summed E-state index contributed by atoms with van der Waals surface area (Å²) >= 11 is 0. The number of hydrogen-bond acceptors (Lipinski definition) is 5. The summed E-state index contributed by atoms with van der Waals surface area (Å²) in [7, 11) is 0. The average molecular weight is 268 g/mol. The summed E-state index contributed by atoms with van der Waals surface area (Å²) in [6, 6.07) is 9.60. The van der Waals surface area contributed by atoms with Crippen LogP contribution in [0.15, 0.2) is 30.3 Å². The number of rotatable bonds is 10. The quantitative estimate of drug-likeness (QED) is 0.605. The minimum atomic E-state index is -1.02. The summed E-state index contributed by atoms with van der Waals surface area (Å²) in [5, 5.41) is 18.4. The van der Waals surface area contributed by atoms with Crippen LogP contribution in [0.2, 0.25) is 0 Å². The molecule has 1 aromatic rings. The van der Waals surface area contributed by atoms with E-state index in [1.807, 2.05) is 30.3 Å². The predicted octanol–water partition coefficient (Wildman–Crippen LogP) is 0.532. The highest BCUT2D eigenvalue weighted by Crippen LogP contribution is 2.17. The first-order chi connectivity index (χ1) is 9.26. The Labute approximate surface area is 112 Å². The lowest BCUT2D eigenvalue weighted by atomic mass is 10.0. The third kappa shape index (κ3) is 5.48. The van der Waals surface area contributed by atoms with Gasteiger partial charge in [0.15, 0.2) is 0 Å². The molecule has 5 nitrogen and oxygen atoms in total. The zero-order valence-electron chi connectivity index (χ0n) is 10.8. The molecular weight excluding hydrogens is 248 g/mol. The second-order valence-corrected chi connectivity index (χ2v) is 4.27. The summed E-state index contributed by atoms with van der Waals surface area (Å²) in [4.78, 5) is 10.4. The van der Waals surface area contributed by atoms with Gasteiger partial charge >= 0.3 is 0 Å². The van der Waals surface area contributed by atoms with Gasteiger partial charge in [-0.15, -0.1) is 0 Å². The van der Waals surface area contributed by atoms with Crippen molar-refractivity contribution >= 4 is 6.29 Å². The molecule has 0 aliphatic rings. The van der Waals surface area contributed by atoms with Crippen LogP contribution in [-0.2, 0) is 20.9 Å². The highest BCUT2D eigenvalue weighted by Gasteiger charge is 2.30. The van der Waals surface area contributed by atoms with Crippen molar-refractivity contribution < 1.29 is 24.5 Å². The van der Waals surface area contributed by atoms with E-state index >= 15 is 0 Å². The molecule has 106 valence electrons. The van der Waals surface area contributed by atoms with Crippen molar-refractivity contribution in [1.29, 1.82) is 0 Å². The Bertz CT molecular complexity index is 354. The largest absolute Gasteiger partial charge is 0.396 e. The number of aliphatic hydroxyl groups is 2. The van der Waals surface area contributed by atoms with Gasteiger partial charge in [-0.3, -0.25) is 0 Å². The first kappa shape index (κ1) is 15.8. The van der Waals surface area contributed by atoms with E-state index in [1.54, 1.807) is 0 Å². The number of hydrogen-bond donors (Lipinski definition) is 2. The van der Waals surface area contributed by atoms with Crippen molar-refractivity contribution in [2.75, 3.05) is 26.4 Å². The maximum atomic E-state index is 10.4. The number of aliphatic hydroxyl groups excluding tert-OH is 2. The van der Waals surface area contributed by atoms with Crippen molar-refractivity contribution in [3.05, 3.63) is 35.9 Å². The van der Waals surface area contributed by atoms with Gasteiger partial charge in [-0.1, -0.05) is 30.3 Å². The molecule has 1 rings (SSSR count). The van der Waals surface area contributed by atoms with Crippen LogP contribution in [0.3, 0.4) is 0 Å². The van der Waals surface area contributed by atoms with Gasteiger partial charge in [-0.05, 0) is 5.56 Å². The van der Waals surface area contributed by atoms with E-state index in [4.69, 9.17) is 14.6 Å². The monoisotopic (exact) mass is 268 g/mol. The van der Waals surface area contributed by atoms with Gasteiger partial charge in [0.25, 0.3) is 0 Å². The maximum Gasteiger partial charge on any atom is 0.145 e. The molecule has 0 spiro atoms. The van der Waals surface area contributed by atoms with Gasteiger partial charge < -0.3 is 24.5 Å². The number of carbonyl (C=O) groups excluding carboxylic acids is 1. The van der Waals surface area contributed by atoms with Crippen LogP contribution < -0.4 is 0 Å². The Hall–Kier alpha value is -1.27. The summed E-state index contributed by atoms with van der Waals surface area (Å²) in [5.41, 5.74) is -0.0153. The van der Waals surface area contributed by atoms with Crippen LogP contribution in [0.4, 0.5) is 0 Å². The minimum absolute atomic E-state index is 0.118. The fourth-order valence-corrected chi connectivity index (χ4v) is 1.70. The average Bonchev–Trinajstić information content (AvgIpc) is 2.46. The number of aldehydes is 1. The number of benzene rings is 1. The number of carbonyl (C=O) groups is 1. The Morgan fingerprint density at radius 3 is 2.53 bits per heavy atom. The predicted molar refractivity (Wildman–Crippen MR) is 69.6 cm³/mol. The highest BCUT2D eigenvalue weighted by atomic mass is 16.6. The molecule has 0 bridgehead atoms. The fraction of sp³-hybridized carbons (Fsp3) is 0.500. The van der Waals surface area contributed by atoms with Gasteiger partial charge in [0.05, 0.1) is 19.8 Å². The lowest BCUT2D eigenvalue weighted by Gasteiger charge is -2.30. The third-order valence-corrected chi connectivity index (χ3v) is 2.79. The van der Waals surface area contributed by atoms with Crippen LogP contribution in [0.25, 0.3) is 0 Å². The van der Waals surface area contributed by atoms with E-state index < -0.39 is 5.60 Å². The lowest BCUT2D eigenvalue weighted by molar-refractivity contribution is -0.144. The van der Waals surface area contributed by atoms with Gasteiger partial charge in [0.2, 0.25) is 0 Å². The Morgan fingerprint density at radius 2 is 1.95 bits per heavy atom. The second-order valence-electron chi connectivity index (χ2n) is 4.27. The topological polar surface area (TPSA) is 76.0 Å². The van der Waals surface area contributed by atoms with Crippen LogP contribution in [0, 0.1) is 0 Å². The summed E-state index contributed by atoms with van der Waals surface area (Å²) in [6.45, 7) is -0.0785. The molecule has 5 heteroatoms. The first-order valence-electron chi connectivity index (χ1n) is 6.17. The van der Waals surface area contributed by atoms with Crippen molar-refractivity contribution in [3.8, 4) is 0 Å². The molecule has 1 atom stereocenters. The van der Waals surface area contributed by atoms with E-state index in [0.29, 0.717) is 12.9 Å². The van der Waals surface area contributed by atoms with Crippen LogP contribution in [0.1, 0.15) is 12.0 Å². The molecule has 2 N–H and O–H groups in total. The molecule has 0 aliphatic heterocycles. The first-order valence-corrected chi connectivity index (χ1v) is 6.17. The molecule has 0 saturated carbocycles. The van der Waals surface area contributed by atoms with Crippen LogP contribution in [-0.4, -0.2) is 48.5 Å². The molecule has 1 aromatic carbocycles. The summed E-state index contributed by atoms with van der Waals surface area (Å²) < 4.78 is 10.8. The Balaban J connectivity index is 2.49. The molecular formula is C14H20O5. The summed E-state index contributed by atoms with van der Waals surface area (Å²) in [6.07, 6.45) is 0.825. The van der Waals surface area contributed by atoms with E-state index in [1.165, 1.54) is 0 Å². The van der Waals surface area contributed by atoms with Gasteiger partial charge in [-0.25, -0.2) is 0 Å². The van der Waals surface area contributed by atoms with Crippen LogP contribution in [0.5, 0.6) is 0 Å². The van der Waals surface area contributed by atoms with Crippen molar-refractivity contribution in [3.63, 3.8) is 0 Å². The van der Waals surface area contributed by atoms with Crippen molar-refractivity contribution in [1.82, 2.24) is 0 Å². The standard InChI is InChI=1S/C14H20O5/c15-7-6-14(11-17,19-9-8-16)12-18-10-13-4-2-1-3-5-13/h1-5,8,15,17H,6-7,9-12H2. The zero-order valence-corrected chi connectivity index (χ0v) is 10.8. The normalized spacial score (nSPS) is 14.0. The SMILES string of the molecule is O=CCOC(CO)(CCO)COCc1ccccc1. The summed E-state index contributed by atoms with van der Waals surface area (Å²) in [5.74, 6) is 0. The minimum Gasteiger partial charge on any atom is -0.396 e. The molecule has 0 amide bonds. The number of ether oxygens (including phenoxy) is 2. The zero-order chi connectivity index (χ0) is 14.0. The van der Waals surface area contributed by atoms with E-state index in [9.17, 15) is 9.90 Å². The highest BCUT2D eigenvalue weighted by molar-refractivity contribution is 5.50. The lowest BCUT2D eigenvalue weighted by Crippen LogP contribution is -2.43. The van der Waals surface area contributed by atoms with Gasteiger partial charge in [0, 0.05) is 13.0 Å². The van der Waals surface area contributed by atoms with E-state index in [0.717, 1.165) is 5.56 Å². The van der Waals surface area contributed by atoms with Gasteiger partial charge in [-0.2, -0.15) is 0 Å². The maximum absolute atomic E-state index is 10.4. The molecule has 1 unspecified atom stereocenters. The molecule has 0 heterocycles. The Morgan fingerprint density at radius 1 is 1.21 bits per heavy atom. The Kier molecular flexibility index (Phi) is 7.28. The van der Waals surface area contributed by atoms with Gasteiger partial charge in [0.1, 0.15) is 18.5 Å². The smallest absolute Gasteiger partial charge is 0.145 e. The molecule has 0 aliphatic carbocycles. The molecule has 0 fully saturated rings. The molecule has 0 radical (unpaired) electrons. The molecule has 0 saturated heterocycles. The van der Waals surface area contributed by atoms with Crippen molar-refractivity contribution in [2.45, 2.75) is 18.6 Å². The molecule has 19 heavy (non-hydrogen) atoms. The van der Waals surface area contributed by atoms with Crippen molar-refractivity contribution in [2.24, 2.45) is 0 Å². The second kappa shape index (κ2) is 8.77. The third-order valence-electron chi connectivity index (χ3n) is 2.79.